The van der Waals surface area contributed by atoms with E-state index in [1.165, 1.54) is 4.90 Å². The molecule has 1 N–H and O–H groups in total. The van der Waals surface area contributed by atoms with Crippen LogP contribution in [0.4, 0.5) is 0 Å². The standard InChI is InChI=1S/C24H25NO4/c26-22-20-9-2-3-10-21(20)23(27)25(22)15-16-29-19-8-6-7-18(17-19)11-14-24(28)12-4-1-5-13-24/h2-3,6-9,17,21,28H,1,4-5,10,12-13,15-16H2. The molecule has 3 aliphatic rings. The van der Waals surface area contributed by atoms with Gasteiger partial charge in [-0.1, -0.05) is 42.6 Å². The number of rotatable bonds is 4. The molecule has 5 heteroatoms. The fourth-order valence-corrected chi connectivity index (χ4v) is 4.11. The molecule has 29 heavy (non-hydrogen) atoms. The van der Waals surface area contributed by atoms with Crippen LogP contribution in [0.25, 0.3) is 0 Å². The first-order valence-electron chi connectivity index (χ1n) is 10.3. The molecule has 1 saturated carbocycles. The second-order valence-electron chi connectivity index (χ2n) is 7.85. The third-order valence-electron chi connectivity index (χ3n) is 5.75. The molecule has 1 aromatic carbocycles. The van der Waals surface area contributed by atoms with Crippen molar-refractivity contribution in [2.45, 2.75) is 44.1 Å². The first kappa shape index (κ1) is 19.5. The lowest BCUT2D eigenvalue weighted by Gasteiger charge is -2.26. The predicted molar refractivity (Wildman–Crippen MR) is 109 cm³/mol. The molecular weight excluding hydrogens is 366 g/mol. The molecule has 0 bridgehead atoms. The van der Waals surface area contributed by atoms with Crippen LogP contribution in [0, 0.1) is 17.8 Å². The van der Waals surface area contributed by atoms with Gasteiger partial charge in [-0.05, 0) is 50.3 Å². The molecule has 2 aliphatic carbocycles. The topological polar surface area (TPSA) is 66.8 Å². The van der Waals surface area contributed by atoms with E-state index in [9.17, 15) is 14.7 Å². The van der Waals surface area contributed by atoms with Crippen molar-refractivity contribution in [2.24, 2.45) is 5.92 Å². The molecule has 1 heterocycles. The first-order valence-corrected chi connectivity index (χ1v) is 10.3. The minimum Gasteiger partial charge on any atom is -0.492 e. The van der Waals surface area contributed by atoms with Crippen molar-refractivity contribution in [3.05, 3.63) is 53.6 Å². The van der Waals surface area contributed by atoms with Crippen molar-refractivity contribution in [2.75, 3.05) is 13.2 Å². The van der Waals surface area contributed by atoms with E-state index in [0.29, 0.717) is 17.7 Å². The number of carbonyl (C=O) groups excluding carboxylic acids is 2. The van der Waals surface area contributed by atoms with Crippen molar-refractivity contribution in [3.63, 3.8) is 0 Å². The average molecular weight is 391 g/mol. The summed E-state index contributed by atoms with van der Waals surface area (Å²) in [5.74, 6) is 6.02. The highest BCUT2D eigenvalue weighted by atomic mass is 16.5. The highest BCUT2D eigenvalue weighted by Crippen LogP contribution is 2.31. The van der Waals surface area contributed by atoms with Crippen LogP contribution in [-0.2, 0) is 9.59 Å². The van der Waals surface area contributed by atoms with E-state index < -0.39 is 5.60 Å². The molecule has 0 spiro atoms. The van der Waals surface area contributed by atoms with Crippen LogP contribution in [0.15, 0.2) is 48.1 Å². The lowest BCUT2D eigenvalue weighted by atomic mass is 9.85. The van der Waals surface area contributed by atoms with Gasteiger partial charge >= 0.3 is 0 Å². The number of allylic oxidation sites excluding steroid dienone is 3. The number of ether oxygens (including phenoxy) is 1. The largest absolute Gasteiger partial charge is 0.492 e. The summed E-state index contributed by atoms with van der Waals surface area (Å²) in [6.07, 6.45) is 10.7. The maximum Gasteiger partial charge on any atom is 0.257 e. The Bertz CT molecular complexity index is 928. The SMILES string of the molecule is O=C1C2=CC=CCC2C(=O)N1CCOc1cccc(C#CC2(O)CCCCC2)c1. The van der Waals surface area contributed by atoms with Crippen LogP contribution < -0.4 is 4.74 Å². The van der Waals surface area contributed by atoms with Crippen molar-refractivity contribution in [1.82, 2.24) is 4.90 Å². The van der Waals surface area contributed by atoms with E-state index in [1.54, 1.807) is 6.08 Å². The van der Waals surface area contributed by atoms with Gasteiger partial charge in [0, 0.05) is 11.1 Å². The zero-order valence-electron chi connectivity index (χ0n) is 16.4. The molecule has 1 aliphatic heterocycles. The second-order valence-corrected chi connectivity index (χ2v) is 7.85. The van der Waals surface area contributed by atoms with Crippen molar-refractivity contribution >= 4 is 11.8 Å². The smallest absolute Gasteiger partial charge is 0.257 e. The number of hydrogen-bond acceptors (Lipinski definition) is 4. The number of aliphatic hydroxyl groups is 1. The van der Waals surface area contributed by atoms with Crippen LogP contribution in [0.1, 0.15) is 44.1 Å². The summed E-state index contributed by atoms with van der Waals surface area (Å²) in [5.41, 5.74) is 0.471. The van der Waals surface area contributed by atoms with E-state index in [0.717, 1.165) is 37.7 Å². The van der Waals surface area contributed by atoms with E-state index >= 15 is 0 Å². The molecule has 1 unspecified atom stereocenters. The Hall–Kier alpha value is -2.84. The van der Waals surface area contributed by atoms with Gasteiger partial charge in [0.1, 0.15) is 18.0 Å². The molecular formula is C24H25NO4. The van der Waals surface area contributed by atoms with Gasteiger partial charge in [-0.2, -0.15) is 0 Å². The Balaban J connectivity index is 1.35. The van der Waals surface area contributed by atoms with Crippen LogP contribution >= 0.6 is 0 Å². The van der Waals surface area contributed by atoms with Crippen LogP contribution in [-0.4, -0.2) is 40.6 Å². The van der Waals surface area contributed by atoms with Gasteiger partial charge in [-0.15, -0.1) is 0 Å². The number of amides is 2. The number of likely N-dealkylation sites (tertiary alicyclic amines) is 1. The molecule has 1 aromatic rings. The summed E-state index contributed by atoms with van der Waals surface area (Å²) in [6, 6.07) is 7.37. The number of benzene rings is 1. The van der Waals surface area contributed by atoms with Gasteiger partial charge in [0.25, 0.3) is 5.91 Å². The Labute approximate surface area is 171 Å². The lowest BCUT2D eigenvalue weighted by molar-refractivity contribution is -0.139. The predicted octanol–water partition coefficient (Wildman–Crippen LogP) is 2.98. The number of fused-ring (bicyclic) bond motifs is 1. The number of nitrogens with zero attached hydrogens (tertiary/aromatic N) is 1. The normalized spacial score (nSPS) is 22.6. The maximum absolute atomic E-state index is 12.4. The van der Waals surface area contributed by atoms with Gasteiger partial charge in [-0.25, -0.2) is 0 Å². The van der Waals surface area contributed by atoms with Gasteiger partial charge in [-0.3, -0.25) is 14.5 Å². The lowest BCUT2D eigenvalue weighted by Crippen LogP contribution is -2.34. The highest BCUT2D eigenvalue weighted by molar-refractivity contribution is 6.15. The molecule has 5 nitrogen and oxygen atoms in total. The summed E-state index contributed by atoms with van der Waals surface area (Å²) in [6.45, 7) is 0.451. The minimum atomic E-state index is -0.883. The van der Waals surface area contributed by atoms with E-state index in [4.69, 9.17) is 4.74 Å². The zero-order valence-corrected chi connectivity index (χ0v) is 16.4. The van der Waals surface area contributed by atoms with E-state index in [-0.39, 0.29) is 30.9 Å². The summed E-state index contributed by atoms with van der Waals surface area (Å²) < 4.78 is 5.76. The van der Waals surface area contributed by atoms with Gasteiger partial charge in [0.15, 0.2) is 0 Å². The van der Waals surface area contributed by atoms with Gasteiger partial charge < -0.3 is 9.84 Å². The fraction of sp³-hybridized carbons (Fsp3) is 0.417. The van der Waals surface area contributed by atoms with E-state index in [1.807, 2.05) is 36.4 Å². The third-order valence-corrected chi connectivity index (χ3v) is 5.75. The molecule has 1 saturated heterocycles. The van der Waals surface area contributed by atoms with Crippen LogP contribution in [0.5, 0.6) is 5.75 Å². The first-order chi connectivity index (χ1) is 14.1. The Kier molecular flexibility index (Phi) is 5.55. The monoisotopic (exact) mass is 391 g/mol. The van der Waals surface area contributed by atoms with Crippen LogP contribution in [0.2, 0.25) is 0 Å². The quantitative estimate of drug-likeness (QED) is 0.633. The fourth-order valence-electron chi connectivity index (χ4n) is 4.11. The average Bonchev–Trinajstić information content (AvgIpc) is 2.98. The van der Waals surface area contributed by atoms with E-state index in [2.05, 4.69) is 11.8 Å². The third kappa shape index (κ3) is 4.28. The molecule has 0 aromatic heterocycles. The highest BCUT2D eigenvalue weighted by Gasteiger charge is 2.42. The summed E-state index contributed by atoms with van der Waals surface area (Å²) in [7, 11) is 0. The van der Waals surface area contributed by atoms with Gasteiger partial charge in [0.05, 0.1) is 12.5 Å². The second kappa shape index (κ2) is 8.26. The maximum atomic E-state index is 12.4. The number of imide groups is 1. The molecule has 0 radical (unpaired) electrons. The summed E-state index contributed by atoms with van der Waals surface area (Å²) >= 11 is 0. The Morgan fingerprint density at radius 2 is 2.03 bits per heavy atom. The Morgan fingerprint density at radius 1 is 1.21 bits per heavy atom. The van der Waals surface area contributed by atoms with Crippen molar-refractivity contribution < 1.29 is 19.4 Å². The van der Waals surface area contributed by atoms with Crippen molar-refractivity contribution in [3.8, 4) is 17.6 Å². The molecule has 2 amide bonds. The summed E-state index contributed by atoms with van der Waals surface area (Å²) in [5, 5.41) is 10.5. The number of carbonyl (C=O) groups is 2. The number of hydrogen-bond donors (Lipinski definition) is 1. The zero-order chi connectivity index (χ0) is 20.3. The van der Waals surface area contributed by atoms with Crippen LogP contribution in [0.3, 0.4) is 0 Å². The molecule has 2 fully saturated rings. The van der Waals surface area contributed by atoms with Crippen molar-refractivity contribution in [1.29, 1.82) is 0 Å². The molecule has 150 valence electrons. The molecule has 1 atom stereocenters. The Morgan fingerprint density at radius 3 is 2.83 bits per heavy atom. The minimum absolute atomic E-state index is 0.144. The molecule has 4 rings (SSSR count). The van der Waals surface area contributed by atoms with Gasteiger partial charge in [0.2, 0.25) is 5.91 Å². The summed E-state index contributed by atoms with van der Waals surface area (Å²) in [4.78, 5) is 26.1.